The molecule has 0 spiro atoms. The maximum Gasteiger partial charge on any atom is 0.244 e. The molecule has 1 fully saturated rings. The zero-order valence-corrected chi connectivity index (χ0v) is 12.9. The topological polar surface area (TPSA) is 110 Å². The Bertz CT molecular complexity index is 631. The Morgan fingerprint density at radius 1 is 1.18 bits per heavy atom. The lowest BCUT2D eigenvalue weighted by Crippen LogP contribution is -2.47. The van der Waals surface area contributed by atoms with Crippen LogP contribution in [0.25, 0.3) is 0 Å². The van der Waals surface area contributed by atoms with E-state index in [0.717, 1.165) is 0 Å². The number of nitrogens with one attached hydrogen (secondary N) is 1. The molecular formula is C14H19N3O4S. The number of carbonyl (C=O) groups excluding carboxylic acids is 2. The number of hydrogen-bond donors (Lipinski definition) is 2. The van der Waals surface area contributed by atoms with Crippen LogP contribution in [0.2, 0.25) is 0 Å². The molecule has 1 atom stereocenters. The van der Waals surface area contributed by atoms with Gasteiger partial charge in [0.1, 0.15) is 6.04 Å². The zero-order valence-electron chi connectivity index (χ0n) is 12.1. The quantitative estimate of drug-likeness (QED) is 0.726. The van der Waals surface area contributed by atoms with Gasteiger partial charge in [0.25, 0.3) is 0 Å². The first kappa shape index (κ1) is 16.4. The second kappa shape index (κ2) is 6.89. The van der Waals surface area contributed by atoms with E-state index in [1.54, 1.807) is 35.2 Å². The van der Waals surface area contributed by atoms with Gasteiger partial charge in [0, 0.05) is 13.1 Å². The molecule has 1 aliphatic rings. The van der Waals surface area contributed by atoms with Gasteiger partial charge < -0.3 is 11.1 Å². The summed E-state index contributed by atoms with van der Waals surface area (Å²) in [4.78, 5) is 25.3. The van der Waals surface area contributed by atoms with E-state index >= 15 is 0 Å². The zero-order chi connectivity index (χ0) is 16.2. The molecule has 0 bridgehead atoms. The van der Waals surface area contributed by atoms with E-state index in [-0.39, 0.29) is 24.0 Å². The van der Waals surface area contributed by atoms with Crippen LogP contribution in [0.3, 0.4) is 0 Å². The molecule has 2 amide bonds. The number of rotatable bonds is 5. The Kier molecular flexibility index (Phi) is 5.15. The van der Waals surface area contributed by atoms with Gasteiger partial charge in [-0.1, -0.05) is 30.3 Å². The minimum atomic E-state index is -2.98. The molecule has 1 aromatic rings. The van der Waals surface area contributed by atoms with Crippen LogP contribution in [-0.2, 0) is 19.4 Å². The number of nitrogens with two attached hydrogens (primary N) is 1. The van der Waals surface area contributed by atoms with Gasteiger partial charge in [-0.25, -0.2) is 8.42 Å². The van der Waals surface area contributed by atoms with Crippen LogP contribution >= 0.6 is 0 Å². The number of nitrogens with zero attached hydrogens (tertiary/aromatic N) is 1. The van der Waals surface area contributed by atoms with Crippen molar-refractivity contribution in [1.82, 2.24) is 10.2 Å². The molecule has 2 rings (SSSR count). The van der Waals surface area contributed by atoms with Crippen LogP contribution in [-0.4, -0.2) is 56.3 Å². The van der Waals surface area contributed by atoms with Crippen LogP contribution in [0.5, 0.6) is 0 Å². The number of hydrogen-bond acceptors (Lipinski definition) is 5. The summed E-state index contributed by atoms with van der Waals surface area (Å²) in [5.41, 5.74) is 5.95. The molecule has 0 aromatic heterocycles. The Labute approximate surface area is 129 Å². The third-order valence-electron chi connectivity index (χ3n) is 3.53. The lowest BCUT2D eigenvalue weighted by Gasteiger charge is -2.26. The van der Waals surface area contributed by atoms with Gasteiger partial charge in [-0.15, -0.1) is 0 Å². The van der Waals surface area contributed by atoms with E-state index in [0.29, 0.717) is 18.7 Å². The van der Waals surface area contributed by atoms with Gasteiger partial charge in [-0.2, -0.15) is 0 Å². The summed E-state index contributed by atoms with van der Waals surface area (Å²) in [5, 5.41) is 2.60. The monoisotopic (exact) mass is 325 g/mol. The number of primary amides is 1. The highest BCUT2D eigenvalue weighted by Gasteiger charge is 2.25. The fourth-order valence-electron chi connectivity index (χ4n) is 2.28. The normalized spacial score (nSPS) is 19.3. The molecule has 0 unspecified atom stereocenters. The number of amides is 2. The molecule has 0 radical (unpaired) electrons. The van der Waals surface area contributed by atoms with E-state index in [4.69, 9.17) is 5.73 Å². The van der Waals surface area contributed by atoms with Crippen molar-refractivity contribution in [2.24, 2.45) is 5.73 Å². The summed E-state index contributed by atoms with van der Waals surface area (Å²) in [5.74, 6) is -0.885. The van der Waals surface area contributed by atoms with Crippen molar-refractivity contribution in [2.75, 3.05) is 31.1 Å². The standard InChI is InChI=1S/C14H19N3O4S/c15-14(19)13(11-4-2-1-3-5-11)16-12(18)10-17-6-8-22(20,21)9-7-17/h1-5,13H,6-10H2,(H2,15,19)(H,16,18)/t13-/m1/s1. The SMILES string of the molecule is NC(=O)[C@H](NC(=O)CN1CCS(=O)(=O)CC1)c1ccccc1. The second-order valence-electron chi connectivity index (χ2n) is 5.24. The van der Waals surface area contributed by atoms with Gasteiger partial charge >= 0.3 is 0 Å². The van der Waals surface area contributed by atoms with Crippen molar-refractivity contribution in [3.05, 3.63) is 35.9 Å². The molecule has 120 valence electrons. The maximum atomic E-state index is 12.1. The van der Waals surface area contributed by atoms with Gasteiger partial charge in [0.05, 0.1) is 18.1 Å². The molecule has 7 nitrogen and oxygen atoms in total. The first-order chi connectivity index (χ1) is 10.4. The molecule has 0 saturated carbocycles. The highest BCUT2D eigenvalue weighted by Crippen LogP contribution is 2.12. The summed E-state index contributed by atoms with van der Waals surface area (Å²) < 4.78 is 22.7. The van der Waals surface area contributed by atoms with Crippen molar-refractivity contribution in [3.8, 4) is 0 Å². The minimum absolute atomic E-state index is 0.0478. The lowest BCUT2D eigenvalue weighted by atomic mass is 10.1. The number of benzene rings is 1. The Balaban J connectivity index is 1.94. The predicted molar refractivity (Wildman–Crippen MR) is 81.6 cm³/mol. The van der Waals surface area contributed by atoms with Crippen molar-refractivity contribution < 1.29 is 18.0 Å². The Hall–Kier alpha value is -1.93. The molecule has 1 saturated heterocycles. The summed E-state index contributed by atoms with van der Waals surface area (Å²) in [6.07, 6.45) is 0. The molecule has 22 heavy (non-hydrogen) atoms. The highest BCUT2D eigenvalue weighted by atomic mass is 32.2. The van der Waals surface area contributed by atoms with Crippen molar-refractivity contribution in [3.63, 3.8) is 0 Å². The van der Waals surface area contributed by atoms with Crippen molar-refractivity contribution >= 4 is 21.7 Å². The average Bonchev–Trinajstić information content (AvgIpc) is 2.48. The van der Waals surface area contributed by atoms with E-state index in [1.165, 1.54) is 0 Å². The highest BCUT2D eigenvalue weighted by molar-refractivity contribution is 7.91. The summed E-state index contributed by atoms with van der Waals surface area (Å²) >= 11 is 0. The smallest absolute Gasteiger partial charge is 0.244 e. The first-order valence-corrected chi connectivity index (χ1v) is 8.76. The first-order valence-electron chi connectivity index (χ1n) is 6.94. The van der Waals surface area contributed by atoms with Crippen LogP contribution in [0, 0.1) is 0 Å². The van der Waals surface area contributed by atoms with Crippen molar-refractivity contribution in [1.29, 1.82) is 0 Å². The molecular weight excluding hydrogens is 306 g/mol. The number of carbonyl (C=O) groups is 2. The maximum absolute atomic E-state index is 12.1. The largest absolute Gasteiger partial charge is 0.368 e. The molecule has 1 aliphatic heterocycles. The summed E-state index contributed by atoms with van der Waals surface area (Å²) in [6, 6.07) is 7.85. The van der Waals surface area contributed by atoms with Crippen LogP contribution in [0.15, 0.2) is 30.3 Å². The van der Waals surface area contributed by atoms with Gasteiger partial charge in [0.15, 0.2) is 9.84 Å². The predicted octanol–water partition coefficient (Wildman–Crippen LogP) is -0.940. The van der Waals surface area contributed by atoms with E-state index in [9.17, 15) is 18.0 Å². The summed E-state index contributed by atoms with van der Waals surface area (Å²) in [7, 11) is -2.98. The van der Waals surface area contributed by atoms with Gasteiger partial charge in [-0.05, 0) is 5.56 Å². The molecule has 1 aromatic carbocycles. The summed E-state index contributed by atoms with van der Waals surface area (Å²) in [6.45, 7) is 0.691. The van der Waals surface area contributed by atoms with Crippen LogP contribution in [0.4, 0.5) is 0 Å². The third kappa shape index (κ3) is 4.54. The fraction of sp³-hybridized carbons (Fsp3) is 0.429. The number of sulfone groups is 1. The molecule has 1 heterocycles. The van der Waals surface area contributed by atoms with Crippen LogP contribution < -0.4 is 11.1 Å². The van der Waals surface area contributed by atoms with Crippen molar-refractivity contribution in [2.45, 2.75) is 6.04 Å². The van der Waals surface area contributed by atoms with Gasteiger partial charge in [-0.3, -0.25) is 14.5 Å². The van der Waals surface area contributed by atoms with E-state index in [1.807, 2.05) is 0 Å². The molecule has 8 heteroatoms. The fourth-order valence-corrected chi connectivity index (χ4v) is 3.56. The van der Waals surface area contributed by atoms with E-state index in [2.05, 4.69) is 5.32 Å². The molecule has 3 N–H and O–H groups in total. The van der Waals surface area contributed by atoms with E-state index < -0.39 is 21.8 Å². The lowest BCUT2D eigenvalue weighted by molar-refractivity contribution is -0.128. The average molecular weight is 325 g/mol. The minimum Gasteiger partial charge on any atom is -0.368 e. The second-order valence-corrected chi connectivity index (χ2v) is 7.55. The third-order valence-corrected chi connectivity index (χ3v) is 5.14. The van der Waals surface area contributed by atoms with Gasteiger partial charge in [0.2, 0.25) is 11.8 Å². The Morgan fingerprint density at radius 2 is 1.77 bits per heavy atom. The molecule has 0 aliphatic carbocycles. The van der Waals surface area contributed by atoms with Crippen LogP contribution in [0.1, 0.15) is 11.6 Å². The Morgan fingerprint density at radius 3 is 2.32 bits per heavy atom.